The minimum atomic E-state index is -3.67. The van der Waals surface area contributed by atoms with Crippen LogP contribution >= 0.6 is 11.6 Å². The predicted molar refractivity (Wildman–Crippen MR) is 61.7 cm³/mol. The van der Waals surface area contributed by atoms with Gasteiger partial charge in [0.15, 0.2) is 5.03 Å². The Kier molecular flexibility index (Phi) is 3.63. The van der Waals surface area contributed by atoms with E-state index in [0.29, 0.717) is 0 Å². The normalized spacial score (nSPS) is 13.1. The molecule has 0 aromatic carbocycles. The van der Waals surface area contributed by atoms with Crippen molar-refractivity contribution in [3.63, 3.8) is 0 Å². The highest BCUT2D eigenvalue weighted by Crippen LogP contribution is 2.19. The molecule has 1 aromatic rings. The molecule has 0 atom stereocenters. The first kappa shape index (κ1) is 13.4. The fourth-order valence-electron chi connectivity index (χ4n) is 1.05. The van der Waals surface area contributed by atoms with Crippen LogP contribution in [0.2, 0.25) is 5.02 Å². The molecule has 16 heavy (non-hydrogen) atoms. The van der Waals surface area contributed by atoms with Gasteiger partial charge in [-0.3, -0.25) is 4.68 Å². The van der Waals surface area contributed by atoms with Gasteiger partial charge in [-0.05, 0) is 13.8 Å². The van der Waals surface area contributed by atoms with E-state index in [9.17, 15) is 8.42 Å². The van der Waals surface area contributed by atoms with E-state index in [2.05, 4.69) is 9.82 Å². The van der Waals surface area contributed by atoms with E-state index in [-0.39, 0.29) is 16.6 Å². The monoisotopic (exact) mass is 266 g/mol. The number of aryl methyl sites for hydroxylation is 1. The minimum Gasteiger partial charge on any atom is -0.324 e. The van der Waals surface area contributed by atoms with Gasteiger partial charge >= 0.3 is 0 Å². The molecule has 0 unspecified atom stereocenters. The molecule has 0 aliphatic carbocycles. The van der Waals surface area contributed by atoms with Gasteiger partial charge in [-0.15, -0.1) is 0 Å². The van der Waals surface area contributed by atoms with E-state index in [1.54, 1.807) is 13.8 Å². The van der Waals surface area contributed by atoms with Gasteiger partial charge in [0, 0.05) is 19.1 Å². The number of nitrogens with two attached hydrogens (primary N) is 1. The second-order valence-electron chi connectivity index (χ2n) is 4.23. The molecule has 0 amide bonds. The number of hydrogen-bond donors (Lipinski definition) is 2. The Morgan fingerprint density at radius 3 is 2.56 bits per heavy atom. The van der Waals surface area contributed by atoms with Gasteiger partial charge in [-0.25, -0.2) is 13.1 Å². The summed E-state index contributed by atoms with van der Waals surface area (Å²) in [4.78, 5) is 0. The standard InChI is InChI=1S/C8H15ClN4O2S/c1-8(2,10)5-12-16(14,15)7-6(9)4-11-13(7)3/h4,12H,5,10H2,1-3H3. The summed E-state index contributed by atoms with van der Waals surface area (Å²) in [6, 6.07) is 0. The van der Waals surface area contributed by atoms with Crippen molar-refractivity contribution < 1.29 is 8.42 Å². The molecule has 0 saturated heterocycles. The predicted octanol–water partition coefficient (Wildman–Crippen LogP) is 0.0891. The van der Waals surface area contributed by atoms with E-state index in [1.807, 2.05) is 0 Å². The summed E-state index contributed by atoms with van der Waals surface area (Å²) in [5.74, 6) is 0. The number of hydrogen-bond acceptors (Lipinski definition) is 4. The summed E-state index contributed by atoms with van der Waals surface area (Å²) in [6.07, 6.45) is 1.28. The van der Waals surface area contributed by atoms with Crippen molar-refractivity contribution in [2.45, 2.75) is 24.4 Å². The first-order chi connectivity index (χ1) is 7.13. The van der Waals surface area contributed by atoms with E-state index in [0.717, 1.165) is 0 Å². The first-order valence-electron chi connectivity index (χ1n) is 4.59. The Labute approximate surface area is 99.8 Å². The van der Waals surface area contributed by atoms with Crippen LogP contribution < -0.4 is 10.5 Å². The van der Waals surface area contributed by atoms with E-state index in [1.165, 1.54) is 17.9 Å². The molecule has 0 aliphatic rings. The maximum Gasteiger partial charge on any atom is 0.259 e. The average Bonchev–Trinajstić information content (AvgIpc) is 2.42. The molecule has 0 saturated carbocycles. The highest BCUT2D eigenvalue weighted by Gasteiger charge is 2.24. The van der Waals surface area contributed by atoms with Crippen molar-refractivity contribution in [3.05, 3.63) is 11.2 Å². The number of halogens is 1. The summed E-state index contributed by atoms with van der Waals surface area (Å²) in [6.45, 7) is 3.57. The van der Waals surface area contributed by atoms with Gasteiger partial charge < -0.3 is 5.73 Å². The molecule has 1 heterocycles. The molecule has 6 nitrogen and oxygen atoms in total. The number of rotatable bonds is 4. The van der Waals surface area contributed by atoms with Crippen molar-refractivity contribution >= 4 is 21.6 Å². The van der Waals surface area contributed by atoms with Crippen LogP contribution in [0, 0.1) is 0 Å². The molecular weight excluding hydrogens is 252 g/mol. The van der Waals surface area contributed by atoms with Gasteiger partial charge in [0.1, 0.15) is 0 Å². The van der Waals surface area contributed by atoms with E-state index < -0.39 is 15.6 Å². The van der Waals surface area contributed by atoms with Crippen LogP contribution in [0.5, 0.6) is 0 Å². The van der Waals surface area contributed by atoms with Crippen LogP contribution in [-0.4, -0.2) is 30.3 Å². The van der Waals surface area contributed by atoms with Gasteiger partial charge in [0.05, 0.1) is 11.2 Å². The third-order valence-corrected chi connectivity index (χ3v) is 3.72. The zero-order valence-corrected chi connectivity index (χ0v) is 10.9. The van der Waals surface area contributed by atoms with Crippen molar-refractivity contribution in [2.24, 2.45) is 12.8 Å². The summed E-state index contributed by atoms with van der Waals surface area (Å²) in [5, 5.41) is 3.79. The summed E-state index contributed by atoms with van der Waals surface area (Å²) in [5.41, 5.74) is 5.06. The minimum absolute atomic E-state index is 0.0570. The smallest absolute Gasteiger partial charge is 0.259 e. The van der Waals surface area contributed by atoms with Crippen LogP contribution in [-0.2, 0) is 17.1 Å². The highest BCUT2D eigenvalue weighted by molar-refractivity contribution is 7.89. The van der Waals surface area contributed by atoms with Crippen molar-refractivity contribution in [1.82, 2.24) is 14.5 Å². The number of sulfonamides is 1. The molecule has 0 aliphatic heterocycles. The van der Waals surface area contributed by atoms with Crippen molar-refractivity contribution in [2.75, 3.05) is 6.54 Å². The topological polar surface area (TPSA) is 90.0 Å². The lowest BCUT2D eigenvalue weighted by Gasteiger charge is -2.18. The Morgan fingerprint density at radius 2 is 2.19 bits per heavy atom. The lowest BCUT2D eigenvalue weighted by molar-refractivity contribution is 0.494. The van der Waals surface area contributed by atoms with E-state index >= 15 is 0 Å². The van der Waals surface area contributed by atoms with Crippen molar-refractivity contribution in [1.29, 1.82) is 0 Å². The summed E-state index contributed by atoms with van der Waals surface area (Å²) < 4.78 is 27.3. The number of nitrogens with one attached hydrogen (secondary N) is 1. The van der Waals surface area contributed by atoms with Crippen LogP contribution in [0.25, 0.3) is 0 Å². The first-order valence-corrected chi connectivity index (χ1v) is 6.46. The van der Waals surface area contributed by atoms with Crippen LogP contribution in [0.15, 0.2) is 11.2 Å². The maximum absolute atomic E-state index is 11.9. The summed E-state index contributed by atoms with van der Waals surface area (Å²) >= 11 is 5.75. The molecule has 0 fully saturated rings. The lowest BCUT2D eigenvalue weighted by atomic mass is 10.1. The quantitative estimate of drug-likeness (QED) is 0.808. The molecule has 0 bridgehead atoms. The van der Waals surface area contributed by atoms with Crippen molar-refractivity contribution in [3.8, 4) is 0 Å². The van der Waals surface area contributed by atoms with Gasteiger partial charge in [-0.2, -0.15) is 5.10 Å². The Hall–Kier alpha value is -0.630. The largest absolute Gasteiger partial charge is 0.324 e. The lowest BCUT2D eigenvalue weighted by Crippen LogP contribution is -2.45. The zero-order valence-electron chi connectivity index (χ0n) is 9.36. The molecule has 8 heteroatoms. The highest BCUT2D eigenvalue weighted by atomic mass is 35.5. The van der Waals surface area contributed by atoms with Crippen LogP contribution in [0.4, 0.5) is 0 Å². The fourth-order valence-corrected chi connectivity index (χ4v) is 2.93. The molecule has 92 valence electrons. The van der Waals surface area contributed by atoms with Crippen LogP contribution in [0.3, 0.4) is 0 Å². The Morgan fingerprint density at radius 1 is 1.62 bits per heavy atom. The fraction of sp³-hybridized carbons (Fsp3) is 0.625. The SMILES string of the molecule is Cn1ncc(Cl)c1S(=O)(=O)NCC(C)(C)N. The van der Waals surface area contributed by atoms with Gasteiger partial charge in [0.25, 0.3) is 10.0 Å². The third kappa shape index (κ3) is 3.18. The number of aromatic nitrogens is 2. The summed E-state index contributed by atoms with van der Waals surface area (Å²) in [7, 11) is -2.16. The van der Waals surface area contributed by atoms with E-state index in [4.69, 9.17) is 17.3 Å². The van der Waals surface area contributed by atoms with Gasteiger partial charge in [0.2, 0.25) is 0 Å². The second-order valence-corrected chi connectivity index (χ2v) is 6.32. The number of nitrogens with zero attached hydrogens (tertiary/aromatic N) is 2. The van der Waals surface area contributed by atoms with Gasteiger partial charge in [-0.1, -0.05) is 11.6 Å². The Bertz CT molecular complexity index is 455. The Balaban J connectivity index is 2.96. The third-order valence-electron chi connectivity index (χ3n) is 1.81. The molecule has 3 N–H and O–H groups in total. The average molecular weight is 267 g/mol. The molecule has 0 radical (unpaired) electrons. The molecule has 1 aromatic heterocycles. The molecule has 1 rings (SSSR count). The molecule has 0 spiro atoms. The van der Waals surface area contributed by atoms with Crippen LogP contribution in [0.1, 0.15) is 13.8 Å². The zero-order chi connectivity index (χ0) is 12.6. The maximum atomic E-state index is 11.9. The molecular formula is C8H15ClN4O2S. The second kappa shape index (κ2) is 4.33.